The van der Waals surface area contributed by atoms with Gasteiger partial charge < -0.3 is 15.7 Å². The smallest absolute Gasteiger partial charge is 0.313 e. The van der Waals surface area contributed by atoms with Gasteiger partial charge in [0.05, 0.1) is 11.8 Å². The Balaban J connectivity index is 1.88. The summed E-state index contributed by atoms with van der Waals surface area (Å²) in [6.45, 7) is -0.184. The van der Waals surface area contributed by atoms with E-state index in [4.69, 9.17) is 0 Å². The standard InChI is InChI=1S/C17H16F2N2O3S/c1-25-12-5-2-10(3-6-12)15(22)9-20-16(23)17(24)21-14-7-4-11(18)8-13(14)19/h2-8,15,22H,9H2,1H3,(H,20,23)(H,21,24). The zero-order valence-electron chi connectivity index (χ0n) is 13.3. The third kappa shape index (κ3) is 5.27. The Morgan fingerprint density at radius 2 is 1.80 bits per heavy atom. The van der Waals surface area contributed by atoms with Gasteiger partial charge in [-0.25, -0.2) is 8.78 Å². The molecule has 0 saturated carbocycles. The Labute approximate surface area is 147 Å². The number of rotatable bonds is 5. The van der Waals surface area contributed by atoms with Gasteiger partial charge in [0.15, 0.2) is 0 Å². The van der Waals surface area contributed by atoms with Crippen molar-refractivity contribution in [2.75, 3.05) is 18.1 Å². The first-order chi connectivity index (χ1) is 11.9. The highest BCUT2D eigenvalue weighted by atomic mass is 32.2. The van der Waals surface area contributed by atoms with Crippen LogP contribution in [0.4, 0.5) is 14.5 Å². The highest BCUT2D eigenvalue weighted by Crippen LogP contribution is 2.19. The first-order valence-electron chi connectivity index (χ1n) is 7.27. The van der Waals surface area contributed by atoms with E-state index in [0.717, 1.165) is 17.0 Å². The number of hydrogen-bond acceptors (Lipinski definition) is 4. The number of anilines is 1. The SMILES string of the molecule is CSc1ccc(C(O)CNC(=O)C(=O)Nc2ccc(F)cc2F)cc1. The van der Waals surface area contributed by atoms with Crippen LogP contribution in [0, 0.1) is 11.6 Å². The fourth-order valence-electron chi connectivity index (χ4n) is 1.98. The molecule has 2 amide bonds. The predicted octanol–water partition coefficient (Wildman–Crippen LogP) is 2.48. The summed E-state index contributed by atoms with van der Waals surface area (Å²) in [5.41, 5.74) is 0.276. The maximum atomic E-state index is 13.4. The van der Waals surface area contributed by atoms with Gasteiger partial charge in [-0.1, -0.05) is 12.1 Å². The number of nitrogens with one attached hydrogen (secondary N) is 2. The number of carbonyl (C=O) groups is 2. The molecule has 5 nitrogen and oxygen atoms in total. The molecule has 2 rings (SSSR count). The number of amides is 2. The highest BCUT2D eigenvalue weighted by molar-refractivity contribution is 7.98. The lowest BCUT2D eigenvalue weighted by Crippen LogP contribution is -2.37. The number of halogens is 2. The van der Waals surface area contributed by atoms with Gasteiger partial charge >= 0.3 is 11.8 Å². The molecule has 0 aliphatic rings. The summed E-state index contributed by atoms with van der Waals surface area (Å²) in [5.74, 6) is -3.94. The average Bonchev–Trinajstić information content (AvgIpc) is 2.61. The fourth-order valence-corrected chi connectivity index (χ4v) is 2.39. The van der Waals surface area contributed by atoms with E-state index in [1.807, 2.05) is 23.7 Å². The van der Waals surface area contributed by atoms with Gasteiger partial charge in [0.1, 0.15) is 11.6 Å². The van der Waals surface area contributed by atoms with Gasteiger partial charge in [-0.3, -0.25) is 9.59 Å². The van der Waals surface area contributed by atoms with Crippen molar-refractivity contribution in [3.05, 3.63) is 59.7 Å². The van der Waals surface area contributed by atoms with E-state index in [1.165, 1.54) is 0 Å². The maximum absolute atomic E-state index is 13.4. The summed E-state index contributed by atoms with van der Waals surface area (Å²) in [4.78, 5) is 24.5. The lowest BCUT2D eigenvalue weighted by Gasteiger charge is -2.13. The van der Waals surface area contributed by atoms with Crippen LogP contribution in [0.5, 0.6) is 0 Å². The fraction of sp³-hybridized carbons (Fsp3) is 0.176. The van der Waals surface area contributed by atoms with Crippen LogP contribution in [0.2, 0.25) is 0 Å². The number of carbonyl (C=O) groups excluding carboxylic acids is 2. The summed E-state index contributed by atoms with van der Waals surface area (Å²) in [7, 11) is 0. The van der Waals surface area contributed by atoms with Gasteiger partial charge in [-0.05, 0) is 36.1 Å². The molecule has 1 atom stereocenters. The molecule has 8 heteroatoms. The van der Waals surface area contributed by atoms with Gasteiger partial charge in [-0.2, -0.15) is 0 Å². The molecule has 0 saturated heterocycles. The van der Waals surface area contributed by atoms with E-state index in [9.17, 15) is 23.5 Å². The average molecular weight is 366 g/mol. The first kappa shape index (κ1) is 18.9. The third-order valence-corrected chi connectivity index (χ3v) is 4.09. The number of benzene rings is 2. The van der Waals surface area contributed by atoms with Crippen molar-refractivity contribution >= 4 is 29.3 Å². The largest absolute Gasteiger partial charge is 0.387 e. The molecule has 0 aliphatic carbocycles. The van der Waals surface area contributed by atoms with E-state index in [1.54, 1.807) is 23.9 Å². The molecule has 25 heavy (non-hydrogen) atoms. The van der Waals surface area contributed by atoms with Crippen molar-refractivity contribution < 1.29 is 23.5 Å². The lowest BCUT2D eigenvalue weighted by molar-refractivity contribution is -0.136. The molecular weight excluding hydrogens is 350 g/mol. The maximum Gasteiger partial charge on any atom is 0.313 e. The summed E-state index contributed by atoms with van der Waals surface area (Å²) in [6, 6.07) is 9.66. The summed E-state index contributed by atoms with van der Waals surface area (Å²) in [5, 5.41) is 14.3. The Hall–Kier alpha value is -2.45. The van der Waals surface area contributed by atoms with E-state index in [0.29, 0.717) is 11.6 Å². The molecule has 0 aliphatic heterocycles. The Bertz CT molecular complexity index is 769. The number of aliphatic hydroxyl groups is 1. The van der Waals surface area contributed by atoms with Crippen molar-refractivity contribution in [3.8, 4) is 0 Å². The van der Waals surface area contributed by atoms with Crippen LogP contribution < -0.4 is 10.6 Å². The second kappa shape index (κ2) is 8.59. The number of thioether (sulfide) groups is 1. The first-order valence-corrected chi connectivity index (χ1v) is 8.49. The predicted molar refractivity (Wildman–Crippen MR) is 91.2 cm³/mol. The lowest BCUT2D eigenvalue weighted by atomic mass is 10.1. The minimum Gasteiger partial charge on any atom is -0.387 e. The Kier molecular flexibility index (Phi) is 6.49. The van der Waals surface area contributed by atoms with Crippen molar-refractivity contribution in [1.29, 1.82) is 0 Å². The highest BCUT2D eigenvalue weighted by Gasteiger charge is 2.17. The van der Waals surface area contributed by atoms with Crippen molar-refractivity contribution in [1.82, 2.24) is 5.32 Å². The summed E-state index contributed by atoms with van der Waals surface area (Å²) >= 11 is 1.56. The van der Waals surface area contributed by atoms with E-state index < -0.39 is 29.6 Å². The van der Waals surface area contributed by atoms with E-state index in [-0.39, 0.29) is 12.2 Å². The van der Waals surface area contributed by atoms with Crippen molar-refractivity contribution in [3.63, 3.8) is 0 Å². The summed E-state index contributed by atoms with van der Waals surface area (Å²) < 4.78 is 26.2. The Morgan fingerprint density at radius 3 is 2.40 bits per heavy atom. The molecule has 0 aromatic heterocycles. The third-order valence-electron chi connectivity index (χ3n) is 3.34. The molecule has 2 aromatic carbocycles. The van der Waals surface area contributed by atoms with Crippen LogP contribution in [0.1, 0.15) is 11.7 Å². The monoisotopic (exact) mass is 366 g/mol. The minimum atomic E-state index is -1.12. The quantitative estimate of drug-likeness (QED) is 0.561. The minimum absolute atomic E-state index is 0.184. The van der Waals surface area contributed by atoms with Gasteiger partial charge in [0.25, 0.3) is 0 Å². The van der Waals surface area contributed by atoms with Gasteiger partial charge in [-0.15, -0.1) is 11.8 Å². The van der Waals surface area contributed by atoms with Crippen LogP contribution in [-0.4, -0.2) is 29.7 Å². The molecule has 0 heterocycles. The molecule has 0 bridgehead atoms. The molecule has 132 valence electrons. The van der Waals surface area contributed by atoms with Crippen LogP contribution in [0.25, 0.3) is 0 Å². The molecule has 2 aromatic rings. The van der Waals surface area contributed by atoms with Crippen molar-refractivity contribution in [2.24, 2.45) is 0 Å². The van der Waals surface area contributed by atoms with Crippen LogP contribution >= 0.6 is 11.8 Å². The van der Waals surface area contributed by atoms with Crippen LogP contribution in [0.15, 0.2) is 47.4 Å². The Morgan fingerprint density at radius 1 is 1.12 bits per heavy atom. The second-order valence-corrected chi connectivity index (χ2v) is 5.96. The molecule has 0 radical (unpaired) electrons. The molecular formula is C17H16F2N2O3S. The van der Waals surface area contributed by atoms with E-state index in [2.05, 4.69) is 5.32 Å². The van der Waals surface area contributed by atoms with Crippen LogP contribution in [-0.2, 0) is 9.59 Å². The topological polar surface area (TPSA) is 78.4 Å². The number of hydrogen-bond donors (Lipinski definition) is 3. The molecule has 1 unspecified atom stereocenters. The molecule has 0 spiro atoms. The summed E-state index contributed by atoms with van der Waals surface area (Å²) in [6.07, 6.45) is 0.934. The van der Waals surface area contributed by atoms with Crippen molar-refractivity contribution in [2.45, 2.75) is 11.0 Å². The normalized spacial score (nSPS) is 11.7. The zero-order valence-corrected chi connectivity index (χ0v) is 14.1. The van der Waals surface area contributed by atoms with E-state index >= 15 is 0 Å². The second-order valence-electron chi connectivity index (χ2n) is 5.08. The molecule has 3 N–H and O–H groups in total. The zero-order chi connectivity index (χ0) is 18.4. The number of aliphatic hydroxyl groups excluding tert-OH is 1. The molecule has 0 fully saturated rings. The van der Waals surface area contributed by atoms with Gasteiger partial charge in [0.2, 0.25) is 0 Å². The van der Waals surface area contributed by atoms with Gasteiger partial charge in [0, 0.05) is 17.5 Å². The van der Waals surface area contributed by atoms with Crippen LogP contribution in [0.3, 0.4) is 0 Å².